The molecule has 7 aliphatic heterocycles. The summed E-state index contributed by atoms with van der Waals surface area (Å²) in [7, 11) is -0.129. The number of amides is 4. The van der Waals surface area contributed by atoms with Crippen molar-refractivity contribution in [1.29, 1.82) is 0 Å². The SMILES string of the molecule is CC(C)(C)OC(=O)N1C(C)(C)C(C)(C)C(C)(C)C(C)(C)C1(C)C.CC(C)(C)OC(=O)N1C(C)(C)C(C)(C)C(C)(O)C(C)(C)C1(C)C.CC(C)(C)OC(=O)N1C(C)(C)C(C)(C)C(C)(n2cc(B3OC(C)(C)C(C)(C)O3)cn2)C(C)(C)C1(C)C.CC(C)(C)OC(=O)N1C(C)(C)C(C)(C)C(C)(n2cc(I)cn2)C(C)(C)C1(C)C.CC1(C)OB(B2OC(C)(C)C(C)(C)O2)OC1(C)C.CCN(CC)CC.CS(=O)(=O)Cl.Ic1cn[nH]c1.[H-].[Na+]. The zero-order valence-corrected chi connectivity index (χ0v) is 113. The first-order valence-electron chi connectivity index (χ1n) is 52.6. The Labute approximate surface area is 951 Å². The van der Waals surface area contributed by atoms with E-state index in [1.165, 1.54) is 19.6 Å². The number of piperidine rings is 4. The van der Waals surface area contributed by atoms with Gasteiger partial charge in [-0.2, -0.15) is 15.3 Å². The van der Waals surface area contributed by atoms with Crippen LogP contribution in [0.25, 0.3) is 0 Å². The van der Waals surface area contributed by atoms with E-state index in [0.29, 0.717) is 0 Å². The number of likely N-dealkylation sites (tertiary alicyclic amines) is 4. The molecule has 0 unspecified atom stereocenters. The first-order chi connectivity index (χ1) is 63.6. The Hall–Kier alpha value is -2.72. The fourth-order valence-electron chi connectivity index (χ4n) is 22.6. The molecule has 3 aromatic heterocycles. The number of halogens is 3. The van der Waals surface area contributed by atoms with Gasteiger partial charge >= 0.3 is 75.1 Å². The summed E-state index contributed by atoms with van der Waals surface area (Å²) in [4.78, 5) is 63.5. The van der Waals surface area contributed by atoms with Crippen molar-refractivity contribution in [1.82, 2.24) is 54.3 Å². The van der Waals surface area contributed by atoms with E-state index in [1.54, 1.807) is 6.20 Å². The van der Waals surface area contributed by atoms with Gasteiger partial charge in [-0.15, -0.1) is 0 Å². The maximum Gasteiger partial charge on any atom is 1.00 e. The number of aromatic nitrogens is 6. The number of nitrogens with zero attached hydrogens (tertiary/aromatic N) is 10. The largest absolute Gasteiger partial charge is 1.00 e. The van der Waals surface area contributed by atoms with Crippen LogP contribution in [-0.4, -0.2) is 245 Å². The van der Waals surface area contributed by atoms with E-state index in [-0.39, 0.29) is 121 Å². The van der Waals surface area contributed by atoms with Crippen LogP contribution < -0.4 is 35.0 Å². The minimum atomic E-state index is -3.19. The molecule has 2 N–H and O–H groups in total. The van der Waals surface area contributed by atoms with E-state index in [1.807, 2.05) is 239 Å². The van der Waals surface area contributed by atoms with E-state index >= 15 is 0 Å². The van der Waals surface area contributed by atoms with Crippen molar-refractivity contribution in [2.24, 2.45) is 48.7 Å². The van der Waals surface area contributed by atoms with Crippen molar-refractivity contribution in [2.45, 2.75) is 560 Å². The van der Waals surface area contributed by atoms with Gasteiger partial charge in [0.05, 0.1) is 76.1 Å². The Balaban J connectivity index is 0.000000894. The van der Waals surface area contributed by atoms with Gasteiger partial charge in [0.15, 0.2) is 0 Å². The van der Waals surface area contributed by atoms with Crippen LogP contribution in [0.15, 0.2) is 37.2 Å². The smallest absolute Gasteiger partial charge is 1.00 e. The predicted octanol–water partition coefficient (Wildman–Crippen LogP) is 24.2. The molecule has 10 rings (SSSR count). The molecule has 0 saturated carbocycles. The van der Waals surface area contributed by atoms with Crippen molar-refractivity contribution in [3.63, 3.8) is 0 Å². The molecule has 7 fully saturated rings. The predicted molar refractivity (Wildman–Crippen MR) is 618 cm³/mol. The summed E-state index contributed by atoms with van der Waals surface area (Å²) >= 11 is 4.49. The first-order valence-corrected chi connectivity index (χ1v) is 57.5. The van der Waals surface area contributed by atoms with Gasteiger partial charge in [0.25, 0.3) is 0 Å². The number of nitrogens with one attached hydrogen (secondary N) is 1. The van der Waals surface area contributed by atoms with Crippen LogP contribution in [0.4, 0.5) is 19.2 Å². The molecule has 848 valence electrons. The van der Waals surface area contributed by atoms with Gasteiger partial charge < -0.3 is 58.3 Å². The number of carbonyl (C=O) groups excluding carboxylic acids is 4. The van der Waals surface area contributed by atoms with E-state index in [0.717, 1.165) is 18.9 Å². The Morgan fingerprint density at radius 3 is 0.762 bits per heavy atom. The van der Waals surface area contributed by atoms with Crippen LogP contribution in [0.1, 0.15) is 445 Å². The molecule has 0 aliphatic carbocycles. The molecule has 4 amide bonds. The van der Waals surface area contributed by atoms with Gasteiger partial charge in [0.2, 0.25) is 9.05 Å². The fraction of sp³-hybridized carbons (Fsp3) is 0.883. The zero-order chi connectivity index (χ0) is 117. The average Bonchev–Trinajstić information content (AvgIpc) is 1.48. The molecular formula is C111H210B3ClI2N11NaO17S. The van der Waals surface area contributed by atoms with E-state index in [9.17, 15) is 32.7 Å². The Morgan fingerprint density at radius 1 is 0.367 bits per heavy atom. The molecule has 3 aromatic rings. The molecule has 10 heterocycles. The second-order valence-electron chi connectivity index (χ2n) is 58.0. The summed E-state index contributed by atoms with van der Waals surface area (Å²) in [6.45, 7) is 138. The number of carbonyl (C=O) groups is 4. The number of aromatic amines is 1. The molecule has 0 bridgehead atoms. The number of hydrogen-bond acceptors (Lipinski definition) is 21. The summed E-state index contributed by atoms with van der Waals surface area (Å²) in [5.41, 5.74) is -12.0. The number of H-pyrrole nitrogens is 1. The molecular weight excluding hydrogens is 2140 g/mol. The third-order valence-corrected chi connectivity index (χ3v) is 41.8. The molecule has 36 heteroatoms. The number of rotatable bonds is 7. The van der Waals surface area contributed by atoms with Crippen LogP contribution in [-0.2, 0) is 67.0 Å². The molecule has 0 spiro atoms. The van der Waals surface area contributed by atoms with Crippen molar-refractivity contribution in [3.05, 3.63) is 44.3 Å². The van der Waals surface area contributed by atoms with Crippen molar-refractivity contribution in [3.8, 4) is 0 Å². The summed E-state index contributed by atoms with van der Waals surface area (Å²) < 4.78 is 85.1. The van der Waals surface area contributed by atoms with Crippen LogP contribution >= 0.6 is 55.9 Å². The monoisotopic (exact) mass is 2350 g/mol. The number of aliphatic hydroxyl groups is 1. The van der Waals surface area contributed by atoms with Gasteiger partial charge in [-0.05, 0) is 379 Å². The first kappa shape index (κ1) is 140. The second-order valence-corrected chi connectivity index (χ2v) is 63.5. The van der Waals surface area contributed by atoms with E-state index in [2.05, 4.69) is 335 Å². The molecule has 7 saturated heterocycles. The van der Waals surface area contributed by atoms with Crippen LogP contribution in [0.2, 0.25) is 0 Å². The zero-order valence-electron chi connectivity index (χ0n) is 106. The molecule has 7 aliphatic rings. The normalized spacial score (nSPS) is 25.1. The number of hydrogen-bond donors (Lipinski definition) is 2. The molecule has 0 radical (unpaired) electrons. The molecule has 0 aromatic carbocycles. The van der Waals surface area contributed by atoms with Crippen LogP contribution in [0.3, 0.4) is 0 Å². The maximum atomic E-state index is 13.7. The summed E-state index contributed by atoms with van der Waals surface area (Å²) in [5.74, 6) is 0. The fourth-order valence-corrected chi connectivity index (χ4v) is 23.3. The second kappa shape index (κ2) is 43.8. The summed E-state index contributed by atoms with van der Waals surface area (Å²) in [5, 5.41) is 27.5. The van der Waals surface area contributed by atoms with Gasteiger partial charge in [-0.3, -0.25) is 34.1 Å². The minimum absolute atomic E-state index is 0. The summed E-state index contributed by atoms with van der Waals surface area (Å²) in [6.07, 6.45) is 11.4. The van der Waals surface area contributed by atoms with E-state index < -0.39 is 130 Å². The standard InChI is InChI=1S/C28H50BN3O4.C22H38IN3O2.C20H39NO2.C19H37NO3.C12H24B2O4.C6H15N.C3H3IN2.CH3ClO2S.Na.H/c1-21(2,3)34-20(33)32-24(8,9)22(4,5)28(16,23(6,7)25(32,10)11)31-18-19(17-30-31)29-35-26(12,13)27(14,15)36-29;1-17(2,3)28-16(27)26-20(8,9)18(4,5)22(12,19(6,7)21(26,10)11)25-14-15(23)13-24-25;1-15(2,3)23-14(22)21-19(10,11)17(6,7)16(4,5)18(8,9)20(21,12)13;1-14(2,3)23-13(21)20-17(8,9)15(4,5)19(12,22)16(6,7)18(20,10)11;1-9(2)10(3,4)16-13(15-9)14-17-11(5,6)12(7,8)18-14;1-4-7(5-2)6-3;4-3-1-5-6-2-3;1-5(2,3)4;;/h17-18H,1-16H3;13-14H,1-12H3;1-13H3;22H,1-12H3;1-8H3;4-6H2,1-3H3;1-2H,(H,5,6);1H3;;/q;;;;;;;;+1;-1. The average molecular weight is 2350 g/mol. The third-order valence-electron chi connectivity index (χ3n) is 40.6. The minimum Gasteiger partial charge on any atom is -1.00 e. The molecule has 147 heavy (non-hydrogen) atoms. The third kappa shape index (κ3) is 25.7. The summed E-state index contributed by atoms with van der Waals surface area (Å²) in [6, 6.07) is 0. The molecule has 28 nitrogen and oxygen atoms in total. The van der Waals surface area contributed by atoms with Crippen molar-refractivity contribution >= 4 is 116 Å². The van der Waals surface area contributed by atoms with Gasteiger partial charge in [-0.1, -0.05) is 145 Å². The Morgan fingerprint density at radius 2 is 0.578 bits per heavy atom. The Bertz CT molecular complexity index is 4800. The quantitative estimate of drug-likeness (QED) is 0.0961. The van der Waals surface area contributed by atoms with Gasteiger partial charge in [-0.25, -0.2) is 27.6 Å². The van der Waals surface area contributed by atoms with Gasteiger partial charge in [0, 0.05) is 118 Å². The van der Waals surface area contributed by atoms with E-state index in [4.69, 9.17) is 57.1 Å². The van der Waals surface area contributed by atoms with Crippen molar-refractivity contribution in [2.75, 3.05) is 25.9 Å². The van der Waals surface area contributed by atoms with Crippen LogP contribution in [0, 0.1) is 55.9 Å². The Kier molecular flexibility index (Phi) is 41.8. The van der Waals surface area contributed by atoms with Crippen LogP contribution in [0.5, 0.6) is 0 Å². The number of ether oxygens (including phenoxy) is 4. The maximum absolute atomic E-state index is 13.7. The molecule has 0 atom stereocenters. The van der Waals surface area contributed by atoms with Gasteiger partial charge in [0.1, 0.15) is 22.4 Å². The topological polar surface area (TPSA) is 295 Å². The van der Waals surface area contributed by atoms with Crippen molar-refractivity contribution < 1.29 is 111 Å².